The molecule has 0 saturated heterocycles. The van der Waals surface area contributed by atoms with Crippen molar-refractivity contribution in [3.05, 3.63) is 27.7 Å². The van der Waals surface area contributed by atoms with Gasteiger partial charge in [0.1, 0.15) is 5.75 Å². The molecule has 1 aromatic rings. The molecule has 1 aromatic carbocycles. The third-order valence-corrected chi connectivity index (χ3v) is 3.06. The molecule has 0 atom stereocenters. The Bertz CT molecular complexity index is 371. The molecule has 0 amide bonds. The number of carbonyl (C=O) groups excluding carboxylic acids is 1. The molecule has 0 radical (unpaired) electrons. The highest BCUT2D eigenvalue weighted by Gasteiger charge is 2.25. The Morgan fingerprint density at radius 3 is 2.85 bits per heavy atom. The maximum atomic E-state index is 11.5. The van der Waals surface area contributed by atoms with E-state index in [9.17, 15) is 4.79 Å². The maximum Gasteiger partial charge on any atom is 0.167 e. The minimum absolute atomic E-state index is 0.188. The summed E-state index contributed by atoms with van der Waals surface area (Å²) >= 11 is 3.43. The largest absolute Gasteiger partial charge is 0.496 e. The first-order chi connectivity index (χ1) is 6.24. The molecule has 0 bridgehead atoms. The highest BCUT2D eigenvalue weighted by atomic mass is 79.9. The summed E-state index contributed by atoms with van der Waals surface area (Å²) < 4.78 is 6.15. The van der Waals surface area contributed by atoms with E-state index in [0.29, 0.717) is 12.2 Å². The molecule has 0 saturated carbocycles. The standard InChI is InChI=1S/C10H9BrO2/c1-13-9-5-3-7(11)6-2-4-8(12)10(6)9/h3,5H,2,4H2,1H3. The number of carbonyl (C=O) groups is 1. The Balaban J connectivity index is 2.66. The summed E-state index contributed by atoms with van der Waals surface area (Å²) in [4.78, 5) is 11.5. The molecule has 1 aliphatic rings. The number of halogens is 1. The van der Waals surface area contributed by atoms with Crippen LogP contribution < -0.4 is 4.74 Å². The second-order valence-electron chi connectivity index (χ2n) is 3.03. The van der Waals surface area contributed by atoms with E-state index >= 15 is 0 Å². The SMILES string of the molecule is COc1ccc(Br)c2c1C(=O)CC2. The fourth-order valence-corrected chi connectivity index (χ4v) is 2.21. The molecule has 13 heavy (non-hydrogen) atoms. The number of benzene rings is 1. The molecule has 0 spiro atoms. The molecular formula is C10H9BrO2. The minimum Gasteiger partial charge on any atom is -0.496 e. The Morgan fingerprint density at radius 1 is 1.38 bits per heavy atom. The maximum absolute atomic E-state index is 11.5. The number of hydrogen-bond donors (Lipinski definition) is 0. The minimum atomic E-state index is 0.188. The lowest BCUT2D eigenvalue weighted by Gasteiger charge is -2.06. The van der Waals surface area contributed by atoms with Gasteiger partial charge in [-0.05, 0) is 24.1 Å². The Hall–Kier alpha value is -0.830. The lowest BCUT2D eigenvalue weighted by atomic mass is 10.1. The van der Waals surface area contributed by atoms with Crippen molar-refractivity contribution >= 4 is 21.7 Å². The van der Waals surface area contributed by atoms with Gasteiger partial charge in [0, 0.05) is 10.9 Å². The summed E-state index contributed by atoms with van der Waals surface area (Å²) in [6.45, 7) is 0. The van der Waals surface area contributed by atoms with Gasteiger partial charge in [-0.1, -0.05) is 15.9 Å². The van der Waals surface area contributed by atoms with Crippen LogP contribution in [0.2, 0.25) is 0 Å². The third-order valence-electron chi connectivity index (χ3n) is 2.32. The van der Waals surface area contributed by atoms with Gasteiger partial charge in [0.25, 0.3) is 0 Å². The third kappa shape index (κ3) is 1.27. The predicted molar refractivity (Wildman–Crippen MR) is 53.3 cm³/mol. The molecule has 68 valence electrons. The van der Waals surface area contributed by atoms with Gasteiger partial charge in [-0.2, -0.15) is 0 Å². The zero-order valence-corrected chi connectivity index (χ0v) is 8.85. The average molecular weight is 241 g/mol. The Morgan fingerprint density at radius 2 is 2.15 bits per heavy atom. The quantitative estimate of drug-likeness (QED) is 0.755. The van der Waals surface area contributed by atoms with Crippen molar-refractivity contribution in [2.24, 2.45) is 0 Å². The van der Waals surface area contributed by atoms with Crippen LogP contribution in [0.3, 0.4) is 0 Å². The van der Waals surface area contributed by atoms with Crippen LogP contribution in [0.25, 0.3) is 0 Å². The van der Waals surface area contributed by atoms with E-state index in [4.69, 9.17) is 4.74 Å². The van der Waals surface area contributed by atoms with Gasteiger partial charge < -0.3 is 4.74 Å². The van der Waals surface area contributed by atoms with Gasteiger partial charge in [-0.15, -0.1) is 0 Å². The van der Waals surface area contributed by atoms with Crippen molar-refractivity contribution in [1.29, 1.82) is 0 Å². The molecule has 3 heteroatoms. The topological polar surface area (TPSA) is 26.3 Å². The van der Waals surface area contributed by atoms with Crippen molar-refractivity contribution < 1.29 is 9.53 Å². The number of Topliss-reactive ketones (excluding diaryl/α,β-unsaturated/α-hetero) is 1. The highest BCUT2D eigenvalue weighted by molar-refractivity contribution is 9.10. The van der Waals surface area contributed by atoms with Crippen molar-refractivity contribution in [2.45, 2.75) is 12.8 Å². The Kier molecular flexibility index (Phi) is 2.12. The first-order valence-electron chi connectivity index (χ1n) is 4.12. The molecule has 0 fully saturated rings. The van der Waals surface area contributed by atoms with E-state index in [2.05, 4.69) is 15.9 Å². The predicted octanol–water partition coefficient (Wildman–Crippen LogP) is 2.59. The molecule has 1 aliphatic carbocycles. The van der Waals surface area contributed by atoms with Crippen LogP contribution in [0.4, 0.5) is 0 Å². The van der Waals surface area contributed by atoms with Crippen molar-refractivity contribution in [3.8, 4) is 5.75 Å². The van der Waals surface area contributed by atoms with E-state index in [0.717, 1.165) is 22.0 Å². The van der Waals surface area contributed by atoms with E-state index < -0.39 is 0 Å². The monoisotopic (exact) mass is 240 g/mol. The first-order valence-corrected chi connectivity index (χ1v) is 4.92. The molecule has 0 aliphatic heterocycles. The molecule has 0 unspecified atom stereocenters. The molecule has 0 aromatic heterocycles. The van der Waals surface area contributed by atoms with Gasteiger partial charge >= 0.3 is 0 Å². The van der Waals surface area contributed by atoms with Crippen molar-refractivity contribution in [3.63, 3.8) is 0 Å². The fourth-order valence-electron chi connectivity index (χ4n) is 1.68. The van der Waals surface area contributed by atoms with Gasteiger partial charge in [-0.3, -0.25) is 4.79 Å². The number of methoxy groups -OCH3 is 1. The fraction of sp³-hybridized carbons (Fsp3) is 0.300. The van der Waals surface area contributed by atoms with Crippen LogP contribution in [-0.4, -0.2) is 12.9 Å². The van der Waals surface area contributed by atoms with Crippen LogP contribution in [0.15, 0.2) is 16.6 Å². The van der Waals surface area contributed by atoms with Crippen molar-refractivity contribution in [1.82, 2.24) is 0 Å². The van der Waals surface area contributed by atoms with Crippen LogP contribution in [0.1, 0.15) is 22.3 Å². The van der Waals surface area contributed by atoms with Crippen LogP contribution in [0, 0.1) is 0 Å². The van der Waals surface area contributed by atoms with Crippen LogP contribution >= 0.6 is 15.9 Å². The molecule has 0 heterocycles. The van der Waals surface area contributed by atoms with Gasteiger partial charge in [0.15, 0.2) is 5.78 Å². The average Bonchev–Trinajstić information content (AvgIpc) is 2.51. The van der Waals surface area contributed by atoms with E-state index in [1.165, 1.54) is 0 Å². The van der Waals surface area contributed by atoms with Gasteiger partial charge in [-0.25, -0.2) is 0 Å². The summed E-state index contributed by atoms with van der Waals surface area (Å²) in [6, 6.07) is 3.75. The number of hydrogen-bond acceptors (Lipinski definition) is 2. The zero-order chi connectivity index (χ0) is 9.42. The lowest BCUT2D eigenvalue weighted by molar-refractivity contribution is 0.0992. The number of ketones is 1. The van der Waals surface area contributed by atoms with Crippen LogP contribution in [-0.2, 0) is 6.42 Å². The lowest BCUT2D eigenvalue weighted by Crippen LogP contribution is -1.97. The zero-order valence-electron chi connectivity index (χ0n) is 7.26. The van der Waals surface area contributed by atoms with Gasteiger partial charge in [0.2, 0.25) is 0 Å². The molecular weight excluding hydrogens is 232 g/mol. The van der Waals surface area contributed by atoms with Gasteiger partial charge in [0.05, 0.1) is 12.7 Å². The summed E-state index contributed by atoms with van der Waals surface area (Å²) in [5.74, 6) is 0.883. The summed E-state index contributed by atoms with van der Waals surface area (Å²) in [5.41, 5.74) is 1.85. The molecule has 0 N–H and O–H groups in total. The number of rotatable bonds is 1. The normalized spacial score (nSPS) is 14.5. The van der Waals surface area contributed by atoms with E-state index in [-0.39, 0.29) is 5.78 Å². The number of ether oxygens (including phenoxy) is 1. The van der Waals surface area contributed by atoms with E-state index in [1.54, 1.807) is 7.11 Å². The van der Waals surface area contributed by atoms with Crippen LogP contribution in [0.5, 0.6) is 5.75 Å². The highest BCUT2D eigenvalue weighted by Crippen LogP contribution is 2.35. The summed E-state index contributed by atoms with van der Waals surface area (Å²) in [5, 5.41) is 0. The number of fused-ring (bicyclic) bond motifs is 1. The second kappa shape index (κ2) is 3.14. The smallest absolute Gasteiger partial charge is 0.167 e. The van der Waals surface area contributed by atoms with E-state index in [1.807, 2.05) is 12.1 Å². The molecule has 2 rings (SSSR count). The summed E-state index contributed by atoms with van der Waals surface area (Å²) in [6.07, 6.45) is 1.43. The molecule has 2 nitrogen and oxygen atoms in total. The second-order valence-corrected chi connectivity index (χ2v) is 3.88. The summed E-state index contributed by atoms with van der Waals surface area (Å²) in [7, 11) is 1.59. The first kappa shape index (κ1) is 8.75. The van der Waals surface area contributed by atoms with Crippen molar-refractivity contribution in [2.75, 3.05) is 7.11 Å². The Labute approximate surface area is 85.0 Å².